The van der Waals surface area contributed by atoms with E-state index in [0.717, 1.165) is 57.1 Å². The highest BCUT2D eigenvalue weighted by atomic mass is 16.5. The molecule has 2 aliphatic heterocycles. The SMILES string of the molecule is CN(C)CCOc1nc(N2CCNCC2)c2c(c1C#N)CN(c1cccc3ccccc13)CC2. The van der Waals surface area contributed by atoms with Crippen molar-refractivity contribution >= 4 is 22.3 Å². The molecule has 0 spiro atoms. The van der Waals surface area contributed by atoms with Gasteiger partial charge in [-0.1, -0.05) is 36.4 Å². The number of anilines is 2. The molecule has 0 saturated carbocycles. The van der Waals surface area contributed by atoms with Crippen LogP contribution in [0.3, 0.4) is 0 Å². The van der Waals surface area contributed by atoms with Crippen molar-refractivity contribution in [3.8, 4) is 11.9 Å². The standard InChI is InChI=1S/C27H32N6O/c1-31(2)16-17-34-27-23(18-28)24-19-33(25-9-5-7-20-6-3-4-8-21(20)25)13-10-22(24)26(30-27)32-14-11-29-12-15-32/h3-9,29H,10-17,19H2,1-2H3. The zero-order valence-corrected chi connectivity index (χ0v) is 20.0. The minimum atomic E-state index is 0.469. The number of likely N-dealkylation sites (N-methyl/N-ethyl adjacent to an activating group) is 1. The second-order valence-corrected chi connectivity index (χ2v) is 9.24. The molecule has 7 nitrogen and oxygen atoms in total. The van der Waals surface area contributed by atoms with Crippen LogP contribution >= 0.6 is 0 Å². The van der Waals surface area contributed by atoms with E-state index in [-0.39, 0.29) is 0 Å². The van der Waals surface area contributed by atoms with Crippen LogP contribution in [0, 0.1) is 11.3 Å². The predicted octanol–water partition coefficient (Wildman–Crippen LogP) is 3.02. The number of fused-ring (bicyclic) bond motifs is 2. The average Bonchev–Trinajstić information content (AvgIpc) is 2.88. The molecule has 2 aromatic carbocycles. The Morgan fingerprint density at radius 2 is 1.82 bits per heavy atom. The van der Waals surface area contributed by atoms with Gasteiger partial charge in [-0.15, -0.1) is 0 Å². The van der Waals surface area contributed by atoms with E-state index in [9.17, 15) is 5.26 Å². The fraction of sp³-hybridized carbons (Fsp3) is 0.407. The van der Waals surface area contributed by atoms with E-state index in [1.165, 1.54) is 22.0 Å². The van der Waals surface area contributed by atoms with E-state index < -0.39 is 0 Å². The van der Waals surface area contributed by atoms with E-state index in [4.69, 9.17) is 9.72 Å². The van der Waals surface area contributed by atoms with E-state index >= 15 is 0 Å². The number of rotatable bonds is 6. The monoisotopic (exact) mass is 456 g/mol. The van der Waals surface area contributed by atoms with Gasteiger partial charge in [0.05, 0.1) is 0 Å². The lowest BCUT2D eigenvalue weighted by molar-refractivity contribution is 0.253. The van der Waals surface area contributed by atoms with Gasteiger partial charge in [-0.25, -0.2) is 0 Å². The summed E-state index contributed by atoms with van der Waals surface area (Å²) in [6.07, 6.45) is 0.859. The molecule has 0 atom stereocenters. The fourth-order valence-corrected chi connectivity index (χ4v) is 4.96. The van der Waals surface area contributed by atoms with Gasteiger partial charge >= 0.3 is 0 Å². The maximum atomic E-state index is 10.2. The number of pyridine rings is 1. The second-order valence-electron chi connectivity index (χ2n) is 9.24. The van der Waals surface area contributed by atoms with Crippen molar-refractivity contribution in [2.45, 2.75) is 13.0 Å². The highest BCUT2D eigenvalue weighted by Crippen LogP contribution is 2.37. The summed E-state index contributed by atoms with van der Waals surface area (Å²) in [6.45, 7) is 6.55. The van der Waals surface area contributed by atoms with Gasteiger partial charge in [0, 0.05) is 68.0 Å². The third kappa shape index (κ3) is 4.39. The molecule has 7 heteroatoms. The largest absolute Gasteiger partial charge is 0.475 e. The molecule has 5 rings (SSSR count). The number of hydrogen-bond acceptors (Lipinski definition) is 7. The first-order chi connectivity index (χ1) is 16.7. The minimum Gasteiger partial charge on any atom is -0.475 e. The maximum Gasteiger partial charge on any atom is 0.234 e. The van der Waals surface area contributed by atoms with E-state index in [1.807, 2.05) is 14.1 Å². The first-order valence-electron chi connectivity index (χ1n) is 12.1. The van der Waals surface area contributed by atoms with Crippen LogP contribution in [0.4, 0.5) is 11.5 Å². The quantitative estimate of drug-likeness (QED) is 0.612. The molecule has 1 aromatic heterocycles. The van der Waals surface area contributed by atoms with Gasteiger partial charge in [-0.05, 0) is 32.0 Å². The molecule has 2 aliphatic rings. The average molecular weight is 457 g/mol. The van der Waals surface area contributed by atoms with Crippen LogP contribution in [0.5, 0.6) is 5.88 Å². The van der Waals surface area contributed by atoms with Crippen molar-refractivity contribution in [1.29, 1.82) is 5.26 Å². The molecule has 3 heterocycles. The Kier molecular flexibility index (Phi) is 6.52. The number of aromatic nitrogens is 1. The lowest BCUT2D eigenvalue weighted by Gasteiger charge is -2.36. The van der Waals surface area contributed by atoms with Crippen LogP contribution in [0.25, 0.3) is 10.8 Å². The molecule has 1 N–H and O–H groups in total. The molecule has 0 aliphatic carbocycles. The van der Waals surface area contributed by atoms with Gasteiger partial charge in [0.15, 0.2) is 0 Å². The zero-order valence-electron chi connectivity index (χ0n) is 20.0. The summed E-state index contributed by atoms with van der Waals surface area (Å²) >= 11 is 0. The Labute approximate surface area is 201 Å². The molecule has 1 fully saturated rings. The number of ether oxygens (including phenoxy) is 1. The summed E-state index contributed by atoms with van der Waals surface area (Å²) in [5.74, 6) is 1.46. The fourth-order valence-electron chi connectivity index (χ4n) is 4.96. The third-order valence-electron chi connectivity index (χ3n) is 6.75. The van der Waals surface area contributed by atoms with Crippen LogP contribution in [-0.4, -0.2) is 69.9 Å². The van der Waals surface area contributed by atoms with Crippen LogP contribution in [-0.2, 0) is 13.0 Å². The molecule has 34 heavy (non-hydrogen) atoms. The zero-order chi connectivity index (χ0) is 23.5. The third-order valence-corrected chi connectivity index (χ3v) is 6.75. The topological polar surface area (TPSA) is 67.7 Å². The summed E-state index contributed by atoms with van der Waals surface area (Å²) in [5.41, 5.74) is 4.06. The van der Waals surface area contributed by atoms with Crippen molar-refractivity contribution < 1.29 is 4.74 Å². The normalized spacial score (nSPS) is 15.9. The smallest absolute Gasteiger partial charge is 0.234 e. The second kappa shape index (κ2) is 9.88. The lowest BCUT2D eigenvalue weighted by Crippen LogP contribution is -2.45. The van der Waals surface area contributed by atoms with Crippen LogP contribution in [0.1, 0.15) is 16.7 Å². The summed E-state index contributed by atoms with van der Waals surface area (Å²) in [5, 5.41) is 16.1. The van der Waals surface area contributed by atoms with Crippen LogP contribution in [0.2, 0.25) is 0 Å². The molecule has 1 saturated heterocycles. The lowest BCUT2D eigenvalue weighted by atomic mass is 9.94. The van der Waals surface area contributed by atoms with Crippen LogP contribution in [0.15, 0.2) is 42.5 Å². The predicted molar refractivity (Wildman–Crippen MR) is 137 cm³/mol. The van der Waals surface area contributed by atoms with E-state index in [2.05, 4.69) is 68.6 Å². The van der Waals surface area contributed by atoms with Gasteiger partial charge in [0.25, 0.3) is 0 Å². The Morgan fingerprint density at radius 1 is 1.03 bits per heavy atom. The van der Waals surface area contributed by atoms with Crippen molar-refractivity contribution in [3.63, 3.8) is 0 Å². The number of hydrogen-bond donors (Lipinski definition) is 1. The molecular weight excluding hydrogens is 424 g/mol. The highest BCUT2D eigenvalue weighted by Gasteiger charge is 2.29. The highest BCUT2D eigenvalue weighted by molar-refractivity contribution is 5.94. The molecule has 0 unspecified atom stereocenters. The van der Waals surface area contributed by atoms with Crippen LogP contribution < -0.4 is 19.9 Å². The summed E-state index contributed by atoms with van der Waals surface area (Å²) in [4.78, 5) is 11.8. The Bertz CT molecular complexity index is 1210. The molecule has 0 amide bonds. The molecule has 0 bridgehead atoms. The molecular formula is C27H32N6O. The number of benzene rings is 2. The van der Waals surface area contributed by atoms with Gasteiger partial charge in [0.2, 0.25) is 5.88 Å². The summed E-state index contributed by atoms with van der Waals surface area (Å²) in [6, 6.07) is 17.4. The Hall–Kier alpha value is -3.34. The Morgan fingerprint density at radius 3 is 2.62 bits per heavy atom. The van der Waals surface area contributed by atoms with Gasteiger partial charge in [0.1, 0.15) is 24.1 Å². The summed E-state index contributed by atoms with van der Waals surface area (Å²) in [7, 11) is 4.03. The number of nitrogens with one attached hydrogen (secondary N) is 1. The first kappa shape index (κ1) is 22.5. The van der Waals surface area contributed by atoms with Gasteiger partial charge < -0.3 is 24.8 Å². The van der Waals surface area contributed by atoms with Crippen molar-refractivity contribution in [3.05, 3.63) is 59.2 Å². The molecule has 0 radical (unpaired) electrons. The van der Waals surface area contributed by atoms with Gasteiger partial charge in [-0.3, -0.25) is 0 Å². The molecule has 3 aromatic rings. The summed E-state index contributed by atoms with van der Waals surface area (Å²) < 4.78 is 6.11. The van der Waals surface area contributed by atoms with Crippen molar-refractivity contribution in [2.75, 3.05) is 69.8 Å². The Balaban J connectivity index is 1.56. The van der Waals surface area contributed by atoms with Gasteiger partial charge in [-0.2, -0.15) is 10.2 Å². The van der Waals surface area contributed by atoms with E-state index in [1.54, 1.807) is 0 Å². The number of piperazine rings is 1. The minimum absolute atomic E-state index is 0.469. The number of nitrogens with zero attached hydrogens (tertiary/aromatic N) is 5. The first-order valence-corrected chi connectivity index (χ1v) is 12.1. The maximum absolute atomic E-state index is 10.2. The molecule has 176 valence electrons. The van der Waals surface area contributed by atoms with E-state index in [0.29, 0.717) is 24.6 Å². The van der Waals surface area contributed by atoms with Crippen molar-refractivity contribution in [1.82, 2.24) is 15.2 Å². The van der Waals surface area contributed by atoms with Crippen molar-refractivity contribution in [2.24, 2.45) is 0 Å². The number of nitriles is 1.